The van der Waals surface area contributed by atoms with Gasteiger partial charge in [-0.15, -0.1) is 0 Å². The largest absolute Gasteiger partial charge is 0.496 e. The van der Waals surface area contributed by atoms with Gasteiger partial charge in [0.25, 0.3) is 0 Å². The van der Waals surface area contributed by atoms with Gasteiger partial charge in [-0.2, -0.15) is 0 Å². The lowest BCUT2D eigenvalue weighted by Crippen LogP contribution is -2.05. The first kappa shape index (κ1) is 13.6. The summed E-state index contributed by atoms with van der Waals surface area (Å²) < 4.78 is 16.2. The first-order valence-electron chi connectivity index (χ1n) is 6.07. The molecule has 1 aromatic heterocycles. The van der Waals surface area contributed by atoms with E-state index in [1.807, 2.05) is 0 Å². The molecule has 0 aliphatic carbocycles. The Kier molecular flexibility index (Phi) is 3.62. The first-order valence-corrected chi connectivity index (χ1v) is 6.86. The fourth-order valence-electron chi connectivity index (χ4n) is 1.84. The third-order valence-corrected chi connectivity index (χ3v) is 3.46. The van der Waals surface area contributed by atoms with Crippen LogP contribution in [-0.2, 0) is 9.53 Å². The van der Waals surface area contributed by atoms with Crippen molar-refractivity contribution in [2.24, 2.45) is 4.99 Å². The van der Waals surface area contributed by atoms with Crippen molar-refractivity contribution in [3.05, 3.63) is 58.1 Å². The van der Waals surface area contributed by atoms with E-state index in [0.29, 0.717) is 17.1 Å². The zero-order valence-electron chi connectivity index (χ0n) is 11.0. The highest BCUT2D eigenvalue weighted by Crippen LogP contribution is 2.27. The quantitative estimate of drug-likeness (QED) is 0.630. The second-order valence-corrected chi connectivity index (χ2v) is 5.06. The molecule has 2 heterocycles. The van der Waals surface area contributed by atoms with Crippen LogP contribution >= 0.6 is 15.9 Å². The molecule has 1 aliphatic rings. The van der Waals surface area contributed by atoms with Gasteiger partial charge in [-0.05, 0) is 46.3 Å². The summed E-state index contributed by atoms with van der Waals surface area (Å²) in [5.41, 5.74) is 0.880. The van der Waals surface area contributed by atoms with Crippen molar-refractivity contribution in [1.29, 1.82) is 0 Å². The summed E-state index contributed by atoms with van der Waals surface area (Å²) >= 11 is 3.38. The highest BCUT2D eigenvalue weighted by molar-refractivity contribution is 9.10. The highest BCUT2D eigenvalue weighted by Gasteiger charge is 2.24. The molecule has 3 rings (SSSR count). The number of furan rings is 1. The minimum Gasteiger partial charge on any atom is -0.496 e. The first-order chi connectivity index (χ1) is 10.2. The maximum absolute atomic E-state index is 11.8. The number of carbonyl (C=O) groups excluding carboxylic acids is 1. The Morgan fingerprint density at radius 3 is 2.86 bits per heavy atom. The number of halogens is 1. The number of aliphatic imine (C=N–C) groups is 1. The van der Waals surface area contributed by atoms with Gasteiger partial charge in [-0.1, -0.05) is 0 Å². The molecule has 0 atom stereocenters. The highest BCUT2D eigenvalue weighted by atomic mass is 79.9. The molecule has 0 bridgehead atoms. The Bertz CT molecular complexity index is 747. The lowest BCUT2D eigenvalue weighted by Gasteiger charge is -2.05. The smallest absolute Gasteiger partial charge is 0.363 e. The molecule has 5 nitrogen and oxygen atoms in total. The Labute approximate surface area is 129 Å². The van der Waals surface area contributed by atoms with Gasteiger partial charge in [0.1, 0.15) is 11.5 Å². The van der Waals surface area contributed by atoms with Crippen molar-refractivity contribution < 1.29 is 18.7 Å². The number of hydrogen-bond acceptors (Lipinski definition) is 5. The molecule has 0 saturated heterocycles. The van der Waals surface area contributed by atoms with Crippen LogP contribution < -0.4 is 4.74 Å². The van der Waals surface area contributed by atoms with E-state index in [9.17, 15) is 4.79 Å². The molecule has 1 aliphatic heterocycles. The van der Waals surface area contributed by atoms with Crippen LogP contribution in [0.1, 0.15) is 11.3 Å². The zero-order valence-corrected chi connectivity index (χ0v) is 12.6. The molecule has 0 saturated carbocycles. The molecule has 0 radical (unpaired) electrons. The summed E-state index contributed by atoms with van der Waals surface area (Å²) in [5.74, 6) is 0.979. The molecule has 2 aromatic rings. The van der Waals surface area contributed by atoms with Crippen molar-refractivity contribution >= 4 is 33.9 Å². The Hall–Kier alpha value is -2.34. The third kappa shape index (κ3) is 2.75. The van der Waals surface area contributed by atoms with Crippen LogP contribution in [0.15, 0.2) is 56.2 Å². The summed E-state index contributed by atoms with van der Waals surface area (Å²) in [6, 6.07) is 8.78. The summed E-state index contributed by atoms with van der Waals surface area (Å²) in [6.07, 6.45) is 3.06. The minimum absolute atomic E-state index is 0.201. The maximum atomic E-state index is 11.8. The van der Waals surface area contributed by atoms with Gasteiger partial charge in [0.15, 0.2) is 5.70 Å². The van der Waals surface area contributed by atoms with Crippen molar-refractivity contribution in [1.82, 2.24) is 0 Å². The average Bonchev–Trinajstić information content (AvgIpc) is 3.10. The van der Waals surface area contributed by atoms with Gasteiger partial charge in [-0.25, -0.2) is 9.79 Å². The molecule has 0 unspecified atom stereocenters. The molecule has 0 amide bonds. The number of nitrogens with zero attached hydrogens (tertiary/aromatic N) is 1. The standard InChI is InChI=1S/C15H10BrNO4/c1-19-13-5-4-9(7-11(13)16)14-17-12(15(18)21-14)8-10-3-2-6-20-10/h2-8H,1H3/b12-8-. The van der Waals surface area contributed by atoms with E-state index in [2.05, 4.69) is 20.9 Å². The number of cyclic esters (lactones) is 1. The summed E-state index contributed by atoms with van der Waals surface area (Å²) in [4.78, 5) is 16.0. The number of rotatable bonds is 3. The van der Waals surface area contributed by atoms with Gasteiger partial charge < -0.3 is 13.9 Å². The molecule has 1 aromatic carbocycles. The molecule has 6 heteroatoms. The number of ether oxygens (including phenoxy) is 2. The molecule has 0 spiro atoms. The van der Waals surface area contributed by atoms with Gasteiger partial charge in [0.05, 0.1) is 17.8 Å². The maximum Gasteiger partial charge on any atom is 0.363 e. The average molecular weight is 348 g/mol. The topological polar surface area (TPSA) is 61.0 Å². The van der Waals surface area contributed by atoms with Crippen molar-refractivity contribution in [3.8, 4) is 5.75 Å². The van der Waals surface area contributed by atoms with Crippen molar-refractivity contribution in [3.63, 3.8) is 0 Å². The monoisotopic (exact) mass is 347 g/mol. The fraction of sp³-hybridized carbons (Fsp3) is 0.0667. The summed E-state index contributed by atoms with van der Waals surface area (Å²) in [6.45, 7) is 0. The Balaban J connectivity index is 1.93. The van der Waals surface area contributed by atoms with Crippen molar-refractivity contribution in [2.45, 2.75) is 0 Å². The van der Waals surface area contributed by atoms with Gasteiger partial charge in [0, 0.05) is 11.6 Å². The van der Waals surface area contributed by atoms with Crippen molar-refractivity contribution in [2.75, 3.05) is 7.11 Å². The summed E-state index contributed by atoms with van der Waals surface area (Å²) in [7, 11) is 1.58. The lowest BCUT2D eigenvalue weighted by atomic mass is 10.2. The van der Waals surface area contributed by atoms with Gasteiger partial charge in [0.2, 0.25) is 5.90 Å². The fourth-order valence-corrected chi connectivity index (χ4v) is 2.38. The normalized spacial score (nSPS) is 16.0. The van der Waals surface area contributed by atoms with Crippen LogP contribution in [0.4, 0.5) is 0 Å². The van der Waals surface area contributed by atoms with Crippen LogP contribution in [0.5, 0.6) is 5.75 Å². The third-order valence-electron chi connectivity index (χ3n) is 2.84. The van der Waals surface area contributed by atoms with E-state index in [1.54, 1.807) is 37.4 Å². The lowest BCUT2D eigenvalue weighted by molar-refractivity contribution is -0.129. The number of methoxy groups -OCH3 is 1. The van der Waals surface area contributed by atoms with Crippen LogP contribution in [0, 0.1) is 0 Å². The molecular formula is C15H10BrNO4. The van der Waals surface area contributed by atoms with Gasteiger partial charge >= 0.3 is 5.97 Å². The second-order valence-electron chi connectivity index (χ2n) is 4.20. The number of esters is 1. The second kappa shape index (κ2) is 5.57. The van der Waals surface area contributed by atoms with E-state index < -0.39 is 5.97 Å². The molecule has 21 heavy (non-hydrogen) atoms. The van der Waals surface area contributed by atoms with E-state index in [1.165, 1.54) is 12.3 Å². The molecule has 0 N–H and O–H groups in total. The van der Waals surface area contributed by atoms with Crippen LogP contribution in [0.3, 0.4) is 0 Å². The molecule has 0 fully saturated rings. The predicted molar refractivity (Wildman–Crippen MR) is 80.0 cm³/mol. The van der Waals surface area contributed by atoms with Gasteiger partial charge in [-0.3, -0.25) is 0 Å². The minimum atomic E-state index is -0.506. The number of benzene rings is 1. The Morgan fingerprint density at radius 2 is 2.19 bits per heavy atom. The zero-order chi connectivity index (χ0) is 14.8. The van der Waals surface area contributed by atoms with E-state index in [0.717, 1.165) is 4.47 Å². The van der Waals surface area contributed by atoms with Crippen LogP contribution in [0.2, 0.25) is 0 Å². The van der Waals surface area contributed by atoms with E-state index in [4.69, 9.17) is 13.9 Å². The Morgan fingerprint density at radius 1 is 1.33 bits per heavy atom. The molecular weight excluding hydrogens is 338 g/mol. The number of hydrogen-bond donors (Lipinski definition) is 0. The predicted octanol–water partition coefficient (Wildman–Crippen LogP) is 3.40. The van der Waals surface area contributed by atoms with E-state index >= 15 is 0 Å². The van der Waals surface area contributed by atoms with E-state index in [-0.39, 0.29) is 11.6 Å². The van der Waals surface area contributed by atoms with Crippen LogP contribution in [-0.4, -0.2) is 19.0 Å². The SMILES string of the molecule is COc1ccc(C2=N/C(=C\c3ccco3)C(=O)O2)cc1Br. The van der Waals surface area contributed by atoms with Crippen LogP contribution in [0.25, 0.3) is 6.08 Å². The number of carbonyl (C=O) groups is 1. The molecule has 106 valence electrons. The summed E-state index contributed by atoms with van der Waals surface area (Å²) in [5, 5.41) is 0.